The number of aryl methyl sites for hydroxylation is 1. The van der Waals surface area contributed by atoms with Crippen molar-refractivity contribution in [3.05, 3.63) is 41.0 Å². The van der Waals surface area contributed by atoms with Gasteiger partial charge in [-0.15, -0.1) is 24.0 Å². The Bertz CT molecular complexity index is 827. The van der Waals surface area contributed by atoms with E-state index >= 15 is 0 Å². The Morgan fingerprint density at radius 1 is 1.20 bits per heavy atom. The first-order valence-corrected chi connectivity index (χ1v) is 10.7. The highest BCUT2D eigenvalue weighted by Gasteiger charge is 2.21. The Hall–Kier alpha value is -1.84. The van der Waals surface area contributed by atoms with E-state index in [2.05, 4.69) is 78.1 Å². The van der Waals surface area contributed by atoms with E-state index in [-0.39, 0.29) is 29.9 Å². The molecule has 1 aromatic heterocycles. The number of piperazine rings is 1. The van der Waals surface area contributed by atoms with Crippen LogP contribution in [0.3, 0.4) is 0 Å². The van der Waals surface area contributed by atoms with E-state index in [1.807, 2.05) is 0 Å². The van der Waals surface area contributed by atoms with Gasteiger partial charge in [-0.25, -0.2) is 0 Å². The summed E-state index contributed by atoms with van der Waals surface area (Å²) in [5.41, 5.74) is 4.08. The molecular weight excluding hydrogens is 491 g/mol. The fourth-order valence-corrected chi connectivity index (χ4v) is 3.52. The zero-order chi connectivity index (χ0) is 20.8. The third-order valence-electron chi connectivity index (χ3n) is 5.42. The van der Waals surface area contributed by atoms with E-state index < -0.39 is 0 Å². The van der Waals surface area contributed by atoms with Crippen molar-refractivity contribution in [2.45, 2.75) is 47.0 Å². The van der Waals surface area contributed by atoms with Gasteiger partial charge >= 0.3 is 0 Å². The SMILES string of the molecule is CCNC(=NCCc1nc(C(C)C)no1)N1CCN(c2cccc(C)c2C)CC1.I. The first kappa shape index (κ1) is 24.4. The van der Waals surface area contributed by atoms with Gasteiger partial charge in [0.05, 0.1) is 6.54 Å². The highest BCUT2D eigenvalue weighted by Crippen LogP contribution is 2.23. The van der Waals surface area contributed by atoms with Gasteiger partial charge in [0.25, 0.3) is 0 Å². The highest BCUT2D eigenvalue weighted by molar-refractivity contribution is 14.0. The van der Waals surface area contributed by atoms with E-state index in [4.69, 9.17) is 9.52 Å². The van der Waals surface area contributed by atoms with Gasteiger partial charge in [0.2, 0.25) is 5.89 Å². The maximum Gasteiger partial charge on any atom is 0.228 e. The summed E-state index contributed by atoms with van der Waals surface area (Å²) in [7, 11) is 0. The third kappa shape index (κ3) is 6.09. The van der Waals surface area contributed by atoms with Crippen molar-refractivity contribution in [2.75, 3.05) is 44.2 Å². The molecule has 1 aliphatic rings. The number of benzene rings is 1. The summed E-state index contributed by atoms with van der Waals surface area (Å²) in [5.74, 6) is 2.67. The Kier molecular flexibility index (Phi) is 9.38. The monoisotopic (exact) mass is 526 g/mol. The van der Waals surface area contributed by atoms with Crippen molar-refractivity contribution in [3.8, 4) is 0 Å². The number of aromatic nitrogens is 2. The molecule has 0 unspecified atom stereocenters. The maximum atomic E-state index is 5.33. The number of halogens is 1. The highest BCUT2D eigenvalue weighted by atomic mass is 127. The van der Waals surface area contributed by atoms with E-state index in [1.165, 1.54) is 16.8 Å². The van der Waals surface area contributed by atoms with Gasteiger partial charge in [-0.3, -0.25) is 4.99 Å². The molecule has 1 aromatic carbocycles. The van der Waals surface area contributed by atoms with Gasteiger partial charge in [-0.1, -0.05) is 31.1 Å². The van der Waals surface area contributed by atoms with Crippen LogP contribution in [0.25, 0.3) is 0 Å². The van der Waals surface area contributed by atoms with Crippen molar-refractivity contribution >= 4 is 35.6 Å². The summed E-state index contributed by atoms with van der Waals surface area (Å²) in [4.78, 5) is 14.1. The predicted octanol–water partition coefficient (Wildman–Crippen LogP) is 3.76. The number of aliphatic imine (C=N–C) groups is 1. The average molecular weight is 526 g/mol. The normalized spacial score (nSPS) is 14.8. The van der Waals surface area contributed by atoms with Gasteiger partial charge in [0.1, 0.15) is 0 Å². The van der Waals surface area contributed by atoms with Gasteiger partial charge in [-0.2, -0.15) is 4.98 Å². The van der Waals surface area contributed by atoms with Crippen molar-refractivity contribution in [3.63, 3.8) is 0 Å². The number of anilines is 1. The van der Waals surface area contributed by atoms with Crippen LogP contribution in [-0.2, 0) is 6.42 Å². The number of hydrogen-bond donors (Lipinski definition) is 1. The molecule has 0 radical (unpaired) electrons. The lowest BCUT2D eigenvalue weighted by Gasteiger charge is -2.38. The lowest BCUT2D eigenvalue weighted by molar-refractivity contribution is 0.366. The fourth-order valence-electron chi connectivity index (χ4n) is 3.52. The summed E-state index contributed by atoms with van der Waals surface area (Å²) < 4.78 is 5.33. The largest absolute Gasteiger partial charge is 0.368 e. The van der Waals surface area contributed by atoms with Crippen LogP contribution in [0.15, 0.2) is 27.7 Å². The molecule has 1 N–H and O–H groups in total. The second-order valence-electron chi connectivity index (χ2n) is 7.88. The summed E-state index contributed by atoms with van der Waals surface area (Å²) in [6.07, 6.45) is 0.664. The molecule has 166 valence electrons. The van der Waals surface area contributed by atoms with Crippen LogP contribution in [0, 0.1) is 13.8 Å². The lowest BCUT2D eigenvalue weighted by atomic mass is 10.1. The van der Waals surface area contributed by atoms with E-state index in [0.29, 0.717) is 18.9 Å². The molecule has 0 amide bonds. The number of nitrogens with one attached hydrogen (secondary N) is 1. The smallest absolute Gasteiger partial charge is 0.228 e. The summed E-state index contributed by atoms with van der Waals surface area (Å²) >= 11 is 0. The molecule has 0 atom stereocenters. The van der Waals surface area contributed by atoms with Crippen LogP contribution in [0.4, 0.5) is 5.69 Å². The van der Waals surface area contributed by atoms with E-state index in [0.717, 1.165) is 44.5 Å². The Balaban J connectivity index is 0.00000320. The number of rotatable bonds is 6. The second-order valence-corrected chi connectivity index (χ2v) is 7.88. The second kappa shape index (κ2) is 11.5. The standard InChI is InChI=1S/C22H34N6O.HI/c1-6-23-22(24-11-10-20-25-21(16(2)3)26-29-20)28-14-12-27(13-15-28)19-9-7-8-17(4)18(19)5;/h7-9,16H,6,10-15H2,1-5H3,(H,23,24);1H. The molecule has 0 bridgehead atoms. The van der Waals surface area contributed by atoms with Crippen LogP contribution in [0.1, 0.15) is 49.5 Å². The van der Waals surface area contributed by atoms with Crippen molar-refractivity contribution < 1.29 is 4.52 Å². The van der Waals surface area contributed by atoms with Crippen LogP contribution < -0.4 is 10.2 Å². The summed E-state index contributed by atoms with van der Waals surface area (Å²) in [5, 5.41) is 7.45. The van der Waals surface area contributed by atoms with E-state index in [1.54, 1.807) is 0 Å². The van der Waals surface area contributed by atoms with Crippen LogP contribution in [0.2, 0.25) is 0 Å². The molecule has 7 nitrogen and oxygen atoms in total. The molecular formula is C22H35IN6O. The molecule has 1 aliphatic heterocycles. The fraction of sp³-hybridized carbons (Fsp3) is 0.591. The van der Waals surface area contributed by atoms with Crippen molar-refractivity contribution in [1.82, 2.24) is 20.4 Å². The van der Waals surface area contributed by atoms with Gasteiger partial charge < -0.3 is 19.6 Å². The molecule has 0 spiro atoms. The first-order valence-electron chi connectivity index (χ1n) is 10.7. The number of hydrogen-bond acceptors (Lipinski definition) is 5. The average Bonchev–Trinajstić information content (AvgIpc) is 3.19. The zero-order valence-electron chi connectivity index (χ0n) is 18.8. The predicted molar refractivity (Wildman–Crippen MR) is 133 cm³/mol. The Labute approximate surface area is 197 Å². The Morgan fingerprint density at radius 3 is 2.57 bits per heavy atom. The molecule has 8 heteroatoms. The molecule has 3 rings (SSSR count). The Morgan fingerprint density at radius 2 is 1.93 bits per heavy atom. The molecule has 0 aliphatic carbocycles. The topological polar surface area (TPSA) is 69.8 Å². The molecule has 1 fully saturated rings. The number of nitrogens with zero attached hydrogens (tertiary/aromatic N) is 5. The summed E-state index contributed by atoms with van der Waals surface area (Å²) in [6, 6.07) is 6.56. The maximum absolute atomic E-state index is 5.33. The van der Waals surface area contributed by atoms with Crippen LogP contribution in [0.5, 0.6) is 0 Å². The quantitative estimate of drug-likeness (QED) is 0.351. The molecule has 2 heterocycles. The summed E-state index contributed by atoms with van der Waals surface area (Å²) in [6.45, 7) is 16.0. The minimum Gasteiger partial charge on any atom is -0.368 e. The van der Waals surface area contributed by atoms with Gasteiger partial charge in [-0.05, 0) is 38.0 Å². The van der Waals surface area contributed by atoms with E-state index in [9.17, 15) is 0 Å². The van der Waals surface area contributed by atoms with Crippen LogP contribution >= 0.6 is 24.0 Å². The van der Waals surface area contributed by atoms with Gasteiger partial charge in [0.15, 0.2) is 11.8 Å². The van der Waals surface area contributed by atoms with Crippen molar-refractivity contribution in [2.24, 2.45) is 4.99 Å². The molecule has 2 aromatic rings. The minimum atomic E-state index is 0. The third-order valence-corrected chi connectivity index (χ3v) is 5.42. The number of guanidine groups is 1. The minimum absolute atomic E-state index is 0. The lowest BCUT2D eigenvalue weighted by Crippen LogP contribution is -2.52. The van der Waals surface area contributed by atoms with Gasteiger partial charge in [0, 0.05) is 50.7 Å². The molecule has 30 heavy (non-hydrogen) atoms. The van der Waals surface area contributed by atoms with Crippen LogP contribution in [-0.4, -0.2) is 60.3 Å². The van der Waals surface area contributed by atoms with Crippen molar-refractivity contribution in [1.29, 1.82) is 0 Å². The molecule has 1 saturated heterocycles. The first-order chi connectivity index (χ1) is 14.0. The molecule has 0 saturated carbocycles. The zero-order valence-corrected chi connectivity index (χ0v) is 21.1.